The van der Waals surface area contributed by atoms with Gasteiger partial charge < -0.3 is 5.73 Å². The molecule has 0 aliphatic carbocycles. The number of amides is 2. The lowest BCUT2D eigenvalue weighted by molar-refractivity contribution is -0.118. The highest BCUT2D eigenvalue weighted by Crippen LogP contribution is 2.22. The van der Waals surface area contributed by atoms with Gasteiger partial charge in [-0.05, 0) is 30.5 Å². The standard InChI is InChI=1S/C12H14N2O2S/c13-6-5-8-1-3-9(4-2-8)7-10-11(15)14-12(16)17-10/h1-4,10H,5-7,13H2,(H,14,15,16)/t10-/m0/s1. The molecular weight excluding hydrogens is 236 g/mol. The molecule has 0 unspecified atom stereocenters. The molecule has 0 radical (unpaired) electrons. The number of carbonyl (C=O) groups is 2. The van der Waals surface area contributed by atoms with Crippen molar-refractivity contribution in [2.75, 3.05) is 6.54 Å². The molecule has 1 aromatic carbocycles. The third-order valence-corrected chi connectivity index (χ3v) is 3.63. The Morgan fingerprint density at radius 2 is 1.82 bits per heavy atom. The summed E-state index contributed by atoms with van der Waals surface area (Å²) in [5.41, 5.74) is 7.72. The molecule has 5 heteroatoms. The molecule has 3 N–H and O–H groups in total. The lowest BCUT2D eigenvalue weighted by Crippen LogP contribution is -2.25. The molecule has 1 saturated heterocycles. The number of nitrogens with two attached hydrogens (primary N) is 1. The van der Waals surface area contributed by atoms with E-state index in [-0.39, 0.29) is 16.4 Å². The number of benzene rings is 1. The van der Waals surface area contributed by atoms with E-state index >= 15 is 0 Å². The fourth-order valence-corrected chi connectivity index (χ4v) is 2.61. The van der Waals surface area contributed by atoms with Crippen LogP contribution in [0.4, 0.5) is 4.79 Å². The maximum Gasteiger partial charge on any atom is 0.286 e. The Morgan fingerprint density at radius 3 is 2.35 bits per heavy atom. The fraction of sp³-hybridized carbons (Fsp3) is 0.333. The molecule has 0 spiro atoms. The lowest BCUT2D eigenvalue weighted by atomic mass is 10.1. The third-order valence-electron chi connectivity index (χ3n) is 2.64. The zero-order valence-corrected chi connectivity index (χ0v) is 10.1. The molecule has 1 aliphatic rings. The van der Waals surface area contributed by atoms with E-state index < -0.39 is 0 Å². The van der Waals surface area contributed by atoms with Gasteiger partial charge in [0, 0.05) is 0 Å². The normalized spacial score (nSPS) is 19.5. The highest BCUT2D eigenvalue weighted by atomic mass is 32.2. The molecule has 1 atom stereocenters. The Morgan fingerprint density at radius 1 is 1.18 bits per heavy atom. The highest BCUT2D eigenvalue weighted by molar-refractivity contribution is 8.15. The van der Waals surface area contributed by atoms with Crippen LogP contribution in [-0.4, -0.2) is 22.9 Å². The summed E-state index contributed by atoms with van der Waals surface area (Å²) in [6, 6.07) is 8.01. The molecule has 17 heavy (non-hydrogen) atoms. The summed E-state index contributed by atoms with van der Waals surface area (Å²) in [4.78, 5) is 22.4. The van der Waals surface area contributed by atoms with Crippen LogP contribution in [0.15, 0.2) is 24.3 Å². The number of imide groups is 1. The molecule has 2 rings (SSSR count). The zero-order chi connectivity index (χ0) is 12.3. The second kappa shape index (κ2) is 5.33. The SMILES string of the molecule is NCCc1ccc(C[C@@H]2SC(=O)NC2=O)cc1. The summed E-state index contributed by atoms with van der Waals surface area (Å²) in [7, 11) is 0. The Labute approximate surface area is 104 Å². The van der Waals surface area contributed by atoms with Crippen LogP contribution in [0, 0.1) is 0 Å². The lowest BCUT2D eigenvalue weighted by Gasteiger charge is -2.06. The van der Waals surface area contributed by atoms with Crippen LogP contribution >= 0.6 is 11.8 Å². The van der Waals surface area contributed by atoms with E-state index in [0.717, 1.165) is 23.7 Å². The first-order valence-electron chi connectivity index (χ1n) is 5.48. The van der Waals surface area contributed by atoms with Crippen LogP contribution in [0.3, 0.4) is 0 Å². The number of hydrogen-bond donors (Lipinski definition) is 2. The summed E-state index contributed by atoms with van der Waals surface area (Å²) < 4.78 is 0. The van der Waals surface area contributed by atoms with Crippen LogP contribution < -0.4 is 11.1 Å². The van der Waals surface area contributed by atoms with Gasteiger partial charge in [-0.15, -0.1) is 0 Å². The maximum absolute atomic E-state index is 11.4. The zero-order valence-electron chi connectivity index (χ0n) is 9.31. The number of carbonyl (C=O) groups excluding carboxylic acids is 2. The van der Waals surface area contributed by atoms with Crippen molar-refractivity contribution >= 4 is 22.9 Å². The molecule has 1 aromatic rings. The van der Waals surface area contributed by atoms with Crippen LogP contribution in [-0.2, 0) is 17.6 Å². The molecule has 0 bridgehead atoms. The van der Waals surface area contributed by atoms with E-state index in [2.05, 4.69) is 5.32 Å². The summed E-state index contributed by atoms with van der Waals surface area (Å²) in [6.45, 7) is 0.634. The smallest absolute Gasteiger partial charge is 0.286 e. The molecule has 1 aliphatic heterocycles. The van der Waals surface area contributed by atoms with Crippen molar-refractivity contribution in [1.82, 2.24) is 5.32 Å². The minimum atomic E-state index is -0.289. The molecular formula is C12H14N2O2S. The van der Waals surface area contributed by atoms with E-state index in [0.29, 0.717) is 13.0 Å². The van der Waals surface area contributed by atoms with E-state index in [4.69, 9.17) is 5.73 Å². The van der Waals surface area contributed by atoms with Crippen molar-refractivity contribution in [2.45, 2.75) is 18.1 Å². The van der Waals surface area contributed by atoms with Gasteiger partial charge >= 0.3 is 0 Å². The molecule has 4 nitrogen and oxygen atoms in total. The van der Waals surface area contributed by atoms with Gasteiger partial charge in [0.1, 0.15) is 0 Å². The third kappa shape index (κ3) is 3.08. The molecule has 2 amide bonds. The van der Waals surface area contributed by atoms with Gasteiger partial charge in [-0.25, -0.2) is 0 Å². The molecule has 0 saturated carbocycles. The number of nitrogens with one attached hydrogen (secondary N) is 1. The van der Waals surface area contributed by atoms with Gasteiger partial charge in [0.15, 0.2) is 0 Å². The number of thioether (sulfide) groups is 1. The second-order valence-electron chi connectivity index (χ2n) is 3.94. The van der Waals surface area contributed by atoms with Gasteiger partial charge in [-0.2, -0.15) is 0 Å². The topological polar surface area (TPSA) is 72.2 Å². The quantitative estimate of drug-likeness (QED) is 0.839. The van der Waals surface area contributed by atoms with Gasteiger partial charge in [-0.1, -0.05) is 36.0 Å². The van der Waals surface area contributed by atoms with Crippen molar-refractivity contribution in [1.29, 1.82) is 0 Å². The first-order chi connectivity index (χ1) is 8.19. The van der Waals surface area contributed by atoms with Crippen molar-refractivity contribution < 1.29 is 9.59 Å². The Hall–Kier alpha value is -1.33. The predicted molar refractivity (Wildman–Crippen MR) is 67.8 cm³/mol. The van der Waals surface area contributed by atoms with E-state index in [1.165, 1.54) is 5.56 Å². The van der Waals surface area contributed by atoms with Crippen molar-refractivity contribution in [3.8, 4) is 0 Å². The Kier molecular flexibility index (Phi) is 3.81. The molecule has 1 fully saturated rings. The largest absolute Gasteiger partial charge is 0.330 e. The summed E-state index contributed by atoms with van der Waals surface area (Å²) in [6.07, 6.45) is 1.45. The summed E-state index contributed by atoms with van der Waals surface area (Å²) >= 11 is 1.06. The van der Waals surface area contributed by atoms with Gasteiger partial charge in [0.2, 0.25) is 5.91 Å². The number of rotatable bonds is 4. The monoisotopic (exact) mass is 250 g/mol. The van der Waals surface area contributed by atoms with Crippen LogP contribution in [0.2, 0.25) is 0 Å². The van der Waals surface area contributed by atoms with Crippen molar-refractivity contribution in [3.05, 3.63) is 35.4 Å². The predicted octanol–water partition coefficient (Wildman–Crippen LogP) is 1.08. The van der Waals surface area contributed by atoms with Crippen molar-refractivity contribution in [2.24, 2.45) is 5.73 Å². The fourth-order valence-electron chi connectivity index (χ4n) is 1.75. The van der Waals surface area contributed by atoms with Crippen LogP contribution in [0.5, 0.6) is 0 Å². The van der Waals surface area contributed by atoms with E-state index in [1.807, 2.05) is 24.3 Å². The van der Waals surface area contributed by atoms with Gasteiger partial charge in [0.25, 0.3) is 5.24 Å². The average Bonchev–Trinajstić information content (AvgIpc) is 2.61. The minimum absolute atomic E-state index is 0.189. The summed E-state index contributed by atoms with van der Waals surface area (Å²) in [5, 5.41) is 1.75. The second-order valence-corrected chi connectivity index (χ2v) is 5.12. The van der Waals surface area contributed by atoms with Gasteiger partial charge in [0.05, 0.1) is 5.25 Å². The van der Waals surface area contributed by atoms with Crippen LogP contribution in [0.25, 0.3) is 0 Å². The average molecular weight is 250 g/mol. The first kappa shape index (κ1) is 12.1. The molecule has 1 heterocycles. The maximum atomic E-state index is 11.4. The Balaban J connectivity index is 1.99. The molecule has 0 aromatic heterocycles. The van der Waals surface area contributed by atoms with E-state index in [1.54, 1.807) is 0 Å². The van der Waals surface area contributed by atoms with Gasteiger partial charge in [-0.3, -0.25) is 14.9 Å². The molecule has 90 valence electrons. The minimum Gasteiger partial charge on any atom is -0.330 e. The van der Waals surface area contributed by atoms with E-state index in [9.17, 15) is 9.59 Å². The van der Waals surface area contributed by atoms with Crippen molar-refractivity contribution in [3.63, 3.8) is 0 Å². The summed E-state index contributed by atoms with van der Waals surface area (Å²) in [5.74, 6) is -0.189. The number of hydrogen-bond acceptors (Lipinski definition) is 4. The van der Waals surface area contributed by atoms with Crippen LogP contribution in [0.1, 0.15) is 11.1 Å². The highest BCUT2D eigenvalue weighted by Gasteiger charge is 2.31. The first-order valence-corrected chi connectivity index (χ1v) is 6.36. The Bertz CT molecular complexity index is 431.